The number of esters is 1. The highest BCUT2D eigenvalue weighted by molar-refractivity contribution is 7.15. The topological polar surface area (TPSA) is 55.6 Å². The summed E-state index contributed by atoms with van der Waals surface area (Å²) in [6, 6.07) is 3.99. The lowest BCUT2D eigenvalue weighted by Crippen LogP contribution is -2.17. The van der Waals surface area contributed by atoms with Gasteiger partial charge in [-0.05, 0) is 25.0 Å². The number of imidazole rings is 1. The maximum Gasteiger partial charge on any atom is 0.311 e. The standard InChI is InChI=1S/C19H19F2N3O2S/c1-26-15(25)9-12-10-27-19-23-17(16-13(20)7-4-8-14(16)21)18(24(12)19)22-11-5-2-3-6-11/h4,7-8,10-11,22H,2-3,5-6,9H2,1H3. The van der Waals surface area contributed by atoms with E-state index in [1.54, 1.807) is 4.40 Å². The summed E-state index contributed by atoms with van der Waals surface area (Å²) in [5.41, 5.74) is 0.756. The van der Waals surface area contributed by atoms with Gasteiger partial charge in [0, 0.05) is 17.1 Å². The third-order valence-electron chi connectivity index (χ3n) is 4.88. The first-order valence-electron chi connectivity index (χ1n) is 8.85. The van der Waals surface area contributed by atoms with Gasteiger partial charge >= 0.3 is 5.97 Å². The lowest BCUT2D eigenvalue weighted by atomic mass is 10.1. The van der Waals surface area contributed by atoms with Gasteiger partial charge in [0.2, 0.25) is 0 Å². The molecule has 4 rings (SSSR count). The molecular weight excluding hydrogens is 372 g/mol. The van der Waals surface area contributed by atoms with E-state index >= 15 is 0 Å². The molecule has 1 N–H and O–H groups in total. The second kappa shape index (κ2) is 7.26. The van der Waals surface area contributed by atoms with Gasteiger partial charge in [0.05, 0.1) is 19.1 Å². The first-order chi connectivity index (χ1) is 13.1. The summed E-state index contributed by atoms with van der Waals surface area (Å²) in [5.74, 6) is -1.18. The molecule has 1 fully saturated rings. The van der Waals surface area contributed by atoms with E-state index in [1.807, 2.05) is 5.38 Å². The number of thiazole rings is 1. The van der Waals surface area contributed by atoms with Crippen molar-refractivity contribution in [2.24, 2.45) is 0 Å². The second-order valence-electron chi connectivity index (χ2n) is 6.63. The maximum atomic E-state index is 14.4. The Balaban J connectivity index is 1.88. The summed E-state index contributed by atoms with van der Waals surface area (Å²) in [7, 11) is 1.33. The largest absolute Gasteiger partial charge is 0.469 e. The van der Waals surface area contributed by atoms with E-state index in [0.29, 0.717) is 16.5 Å². The molecule has 27 heavy (non-hydrogen) atoms. The number of halogens is 2. The van der Waals surface area contributed by atoms with E-state index in [9.17, 15) is 13.6 Å². The predicted octanol–water partition coefficient (Wildman–Crippen LogP) is 4.41. The molecule has 2 aromatic heterocycles. The third kappa shape index (κ3) is 3.29. The molecule has 1 aliphatic carbocycles. The van der Waals surface area contributed by atoms with E-state index in [2.05, 4.69) is 10.3 Å². The van der Waals surface area contributed by atoms with Crippen LogP contribution in [0.3, 0.4) is 0 Å². The number of hydrogen-bond donors (Lipinski definition) is 1. The average Bonchev–Trinajstić information content (AvgIpc) is 3.35. The molecular formula is C19H19F2N3O2S. The van der Waals surface area contributed by atoms with Crippen LogP contribution in [0.4, 0.5) is 14.6 Å². The minimum Gasteiger partial charge on any atom is -0.469 e. The molecule has 0 saturated heterocycles. The normalized spacial score (nSPS) is 14.8. The third-order valence-corrected chi connectivity index (χ3v) is 5.76. The number of nitrogens with zero attached hydrogens (tertiary/aromatic N) is 2. The highest BCUT2D eigenvalue weighted by Crippen LogP contribution is 2.37. The van der Waals surface area contributed by atoms with Crippen molar-refractivity contribution in [3.05, 3.63) is 40.9 Å². The lowest BCUT2D eigenvalue weighted by Gasteiger charge is -2.16. The molecule has 0 amide bonds. The zero-order valence-electron chi connectivity index (χ0n) is 14.8. The van der Waals surface area contributed by atoms with Crippen molar-refractivity contribution in [3.8, 4) is 11.3 Å². The Hall–Kier alpha value is -2.48. The zero-order valence-corrected chi connectivity index (χ0v) is 15.6. The monoisotopic (exact) mass is 391 g/mol. The molecule has 1 aliphatic rings. The molecule has 0 aliphatic heterocycles. The number of rotatable bonds is 5. The average molecular weight is 391 g/mol. The van der Waals surface area contributed by atoms with Crippen LogP contribution < -0.4 is 5.32 Å². The van der Waals surface area contributed by atoms with E-state index in [0.717, 1.165) is 25.7 Å². The van der Waals surface area contributed by atoms with Crippen LogP contribution >= 0.6 is 11.3 Å². The number of carbonyl (C=O) groups excluding carboxylic acids is 1. The molecule has 2 heterocycles. The number of ether oxygens (including phenoxy) is 1. The molecule has 5 nitrogen and oxygen atoms in total. The smallest absolute Gasteiger partial charge is 0.311 e. The predicted molar refractivity (Wildman–Crippen MR) is 100 cm³/mol. The fourth-order valence-electron chi connectivity index (χ4n) is 3.55. The van der Waals surface area contributed by atoms with Crippen LogP contribution in [0, 0.1) is 11.6 Å². The molecule has 3 aromatic rings. The van der Waals surface area contributed by atoms with Gasteiger partial charge in [-0.25, -0.2) is 13.8 Å². The molecule has 1 aromatic carbocycles. The van der Waals surface area contributed by atoms with Gasteiger partial charge < -0.3 is 10.1 Å². The maximum absolute atomic E-state index is 14.4. The van der Waals surface area contributed by atoms with Crippen molar-refractivity contribution in [3.63, 3.8) is 0 Å². The fourth-order valence-corrected chi connectivity index (χ4v) is 4.44. The summed E-state index contributed by atoms with van der Waals surface area (Å²) in [6.07, 6.45) is 4.26. The Labute approximate surface area is 159 Å². The first kappa shape index (κ1) is 17.9. The molecule has 1 saturated carbocycles. The van der Waals surface area contributed by atoms with Gasteiger partial charge in [-0.1, -0.05) is 18.9 Å². The number of benzene rings is 1. The molecule has 0 unspecified atom stereocenters. The van der Waals surface area contributed by atoms with Gasteiger partial charge in [-0.2, -0.15) is 0 Å². The number of anilines is 1. The van der Waals surface area contributed by atoms with E-state index in [4.69, 9.17) is 4.74 Å². The summed E-state index contributed by atoms with van der Waals surface area (Å²) in [4.78, 5) is 16.8. The van der Waals surface area contributed by atoms with Gasteiger partial charge in [0.1, 0.15) is 23.1 Å². The van der Waals surface area contributed by atoms with E-state index < -0.39 is 11.6 Å². The Morgan fingerprint density at radius 3 is 2.70 bits per heavy atom. The first-order valence-corrected chi connectivity index (χ1v) is 9.73. The SMILES string of the molecule is COC(=O)Cc1csc2nc(-c3c(F)cccc3F)c(NC3CCCC3)n12. The lowest BCUT2D eigenvalue weighted by molar-refractivity contribution is -0.139. The number of hydrogen-bond acceptors (Lipinski definition) is 5. The Bertz CT molecular complexity index is 972. The van der Waals surface area contributed by atoms with Crippen molar-refractivity contribution < 1.29 is 18.3 Å². The minimum atomic E-state index is -0.662. The number of fused-ring (bicyclic) bond motifs is 1. The summed E-state index contributed by atoms with van der Waals surface area (Å²) in [5, 5.41) is 5.24. The molecule has 0 atom stereocenters. The molecule has 0 radical (unpaired) electrons. The summed E-state index contributed by atoms with van der Waals surface area (Å²) < 4.78 is 35.4. The van der Waals surface area contributed by atoms with Crippen LogP contribution in [-0.4, -0.2) is 28.5 Å². The van der Waals surface area contributed by atoms with Crippen LogP contribution in [-0.2, 0) is 16.0 Å². The number of methoxy groups -OCH3 is 1. The van der Waals surface area contributed by atoms with Gasteiger partial charge in [0.15, 0.2) is 4.96 Å². The molecule has 8 heteroatoms. The number of carbonyl (C=O) groups is 1. The van der Waals surface area contributed by atoms with Crippen LogP contribution in [0.5, 0.6) is 0 Å². The van der Waals surface area contributed by atoms with Crippen LogP contribution in [0.25, 0.3) is 16.2 Å². The van der Waals surface area contributed by atoms with Crippen molar-refractivity contribution in [1.82, 2.24) is 9.38 Å². The summed E-state index contributed by atoms with van der Waals surface area (Å²) in [6.45, 7) is 0. The van der Waals surface area contributed by atoms with Gasteiger partial charge in [0.25, 0.3) is 0 Å². The highest BCUT2D eigenvalue weighted by atomic mass is 32.1. The van der Waals surface area contributed by atoms with E-state index in [-0.39, 0.29) is 29.7 Å². The van der Waals surface area contributed by atoms with Crippen LogP contribution in [0.15, 0.2) is 23.6 Å². The van der Waals surface area contributed by atoms with Crippen LogP contribution in [0.2, 0.25) is 0 Å². The highest BCUT2D eigenvalue weighted by Gasteiger charge is 2.26. The van der Waals surface area contributed by atoms with Crippen molar-refractivity contribution in [2.75, 3.05) is 12.4 Å². The minimum absolute atomic E-state index is 0.0609. The number of nitrogens with one attached hydrogen (secondary N) is 1. The Kier molecular flexibility index (Phi) is 4.82. The van der Waals surface area contributed by atoms with Gasteiger partial charge in [-0.15, -0.1) is 11.3 Å². The zero-order chi connectivity index (χ0) is 19.0. The second-order valence-corrected chi connectivity index (χ2v) is 7.47. The van der Waals surface area contributed by atoms with Crippen LogP contribution in [0.1, 0.15) is 31.4 Å². The Morgan fingerprint density at radius 1 is 1.33 bits per heavy atom. The van der Waals surface area contributed by atoms with Crippen molar-refractivity contribution in [2.45, 2.75) is 38.1 Å². The van der Waals surface area contributed by atoms with Crippen molar-refractivity contribution >= 4 is 28.1 Å². The van der Waals surface area contributed by atoms with Gasteiger partial charge in [-0.3, -0.25) is 9.20 Å². The Morgan fingerprint density at radius 2 is 2.04 bits per heavy atom. The molecule has 0 spiro atoms. The quantitative estimate of drug-likeness (QED) is 0.655. The number of aromatic nitrogens is 2. The van der Waals surface area contributed by atoms with Crippen molar-refractivity contribution in [1.29, 1.82) is 0 Å². The molecule has 142 valence electrons. The fraction of sp³-hybridized carbons (Fsp3) is 0.368. The van der Waals surface area contributed by atoms with E-state index in [1.165, 1.54) is 36.6 Å². The summed E-state index contributed by atoms with van der Waals surface area (Å²) >= 11 is 1.32. The molecule has 0 bridgehead atoms.